The van der Waals surface area contributed by atoms with Crippen LogP contribution in [0.2, 0.25) is 10.0 Å². The van der Waals surface area contributed by atoms with Gasteiger partial charge in [-0.2, -0.15) is 0 Å². The van der Waals surface area contributed by atoms with Gasteiger partial charge in [-0.25, -0.2) is 8.78 Å². The molecule has 3 N–H and O–H groups in total. The molecule has 1 heterocycles. The minimum atomic E-state index is -0.435. The number of nitrogens with two attached hydrogens (primary N) is 1. The van der Waals surface area contributed by atoms with Crippen molar-refractivity contribution in [3.05, 3.63) is 117 Å². The summed E-state index contributed by atoms with van der Waals surface area (Å²) in [6, 6.07) is 23.3. The third-order valence-corrected chi connectivity index (χ3v) is 7.36. The first-order valence-electron chi connectivity index (χ1n) is 11.9. The van der Waals surface area contributed by atoms with Gasteiger partial charge >= 0.3 is 0 Å². The molecule has 1 amide bonds. The van der Waals surface area contributed by atoms with Crippen LogP contribution in [0.4, 0.5) is 20.2 Å². The van der Waals surface area contributed by atoms with Crippen molar-refractivity contribution >= 4 is 52.2 Å². The fourth-order valence-corrected chi connectivity index (χ4v) is 5.03. The van der Waals surface area contributed by atoms with Crippen LogP contribution in [-0.4, -0.2) is 18.3 Å². The van der Waals surface area contributed by atoms with Crippen molar-refractivity contribution in [2.45, 2.75) is 14.4 Å². The van der Waals surface area contributed by atoms with Crippen molar-refractivity contribution in [2.24, 2.45) is 0 Å². The van der Waals surface area contributed by atoms with Crippen LogP contribution in [0, 0.1) is 11.6 Å². The second-order valence-corrected chi connectivity index (χ2v) is 10.4. The molecule has 0 aliphatic carbocycles. The predicted octanol–water partition coefficient (Wildman–Crippen LogP) is 9.44. The Kier molecular flexibility index (Phi) is 11.0. The highest BCUT2D eigenvalue weighted by Gasteiger charge is 2.20. The minimum Gasteiger partial charge on any atom is -0.496 e. The maximum absolute atomic E-state index is 14.2. The third-order valence-electron chi connectivity index (χ3n) is 5.75. The van der Waals surface area contributed by atoms with Gasteiger partial charge in [0.25, 0.3) is 5.91 Å². The lowest BCUT2D eigenvalue weighted by molar-refractivity contribution is -0.112. The van der Waals surface area contributed by atoms with Gasteiger partial charge in [-0.1, -0.05) is 67.0 Å². The zero-order chi connectivity index (χ0) is 27.9. The van der Waals surface area contributed by atoms with E-state index in [1.807, 2.05) is 12.1 Å². The number of nitrogens with one attached hydrogen (secondary N) is 1. The van der Waals surface area contributed by atoms with Crippen molar-refractivity contribution in [1.29, 1.82) is 0 Å². The number of benzene rings is 4. The molecule has 5 rings (SSSR count). The van der Waals surface area contributed by atoms with Crippen LogP contribution in [0.1, 0.15) is 14.4 Å². The second-order valence-electron chi connectivity index (χ2n) is 8.42. The number of nitrogen functional groups attached to an aromatic ring is 1. The average molecular weight is 602 g/mol. The Labute approximate surface area is 247 Å². The number of hydrogen-bond donors (Lipinski definition) is 2. The maximum Gasteiger partial charge on any atom is 0.265 e. The number of rotatable bonds is 4. The minimum absolute atomic E-state index is 0. The van der Waals surface area contributed by atoms with E-state index in [1.165, 1.54) is 23.9 Å². The molecule has 208 valence electrons. The van der Waals surface area contributed by atoms with E-state index in [2.05, 4.69) is 5.32 Å². The summed E-state index contributed by atoms with van der Waals surface area (Å²) in [5.41, 5.74) is 8.99. The number of carbonyl (C=O) groups is 1. The molecule has 0 spiro atoms. The van der Waals surface area contributed by atoms with E-state index in [0.717, 1.165) is 5.75 Å². The molecule has 0 unspecified atom stereocenters. The molecular weight excluding hydrogens is 573 g/mol. The summed E-state index contributed by atoms with van der Waals surface area (Å²) in [6.07, 6.45) is 0. The molecule has 0 radical (unpaired) electrons. The first-order valence-corrected chi connectivity index (χ1v) is 13.6. The van der Waals surface area contributed by atoms with Gasteiger partial charge in [0.2, 0.25) is 0 Å². The van der Waals surface area contributed by atoms with Gasteiger partial charge in [0, 0.05) is 49.4 Å². The summed E-state index contributed by atoms with van der Waals surface area (Å²) in [5.74, 6) is 0.293. The SMILES string of the molecule is C.CC1=C(C(=O)Nc2ccccc2-c2ccc(Cl)cc2F)SCCO1.Nc1ccccc1-c1ccc(Cl)cc1F. The van der Waals surface area contributed by atoms with Gasteiger partial charge in [-0.15, -0.1) is 11.8 Å². The monoisotopic (exact) mass is 600 g/mol. The average Bonchev–Trinajstić information content (AvgIpc) is 2.91. The number of anilines is 2. The molecule has 1 aliphatic rings. The Hall–Kier alpha value is -3.52. The van der Waals surface area contributed by atoms with Crippen LogP contribution >= 0.6 is 35.0 Å². The first-order chi connectivity index (χ1) is 18.7. The smallest absolute Gasteiger partial charge is 0.265 e. The third kappa shape index (κ3) is 7.56. The van der Waals surface area contributed by atoms with Gasteiger partial charge in [0.15, 0.2) is 0 Å². The normalized spacial score (nSPS) is 12.4. The number of carbonyl (C=O) groups excluding carboxylic acids is 1. The lowest BCUT2D eigenvalue weighted by Gasteiger charge is -2.18. The summed E-state index contributed by atoms with van der Waals surface area (Å²) < 4.78 is 33.2. The topological polar surface area (TPSA) is 64.3 Å². The number of hydrogen-bond acceptors (Lipinski definition) is 4. The highest BCUT2D eigenvalue weighted by atomic mass is 35.5. The number of amides is 1. The summed E-state index contributed by atoms with van der Waals surface area (Å²) in [7, 11) is 0. The van der Waals surface area contributed by atoms with E-state index >= 15 is 0 Å². The zero-order valence-corrected chi connectivity index (χ0v) is 23.1. The first kappa shape index (κ1) is 31.0. The van der Waals surface area contributed by atoms with Gasteiger partial charge in [0.05, 0.1) is 6.61 Å². The van der Waals surface area contributed by atoms with E-state index in [9.17, 15) is 13.6 Å². The van der Waals surface area contributed by atoms with Gasteiger partial charge in [-0.05, 0) is 55.5 Å². The summed E-state index contributed by atoms with van der Waals surface area (Å²) in [6.45, 7) is 2.37. The summed E-state index contributed by atoms with van der Waals surface area (Å²) in [4.78, 5) is 13.1. The maximum atomic E-state index is 14.2. The number of thioether (sulfide) groups is 1. The number of allylic oxidation sites excluding steroid dienone is 1. The van der Waals surface area contributed by atoms with Crippen LogP contribution in [-0.2, 0) is 9.53 Å². The van der Waals surface area contributed by atoms with E-state index in [-0.39, 0.29) is 19.2 Å². The number of para-hydroxylation sites is 2. The molecule has 4 aromatic rings. The predicted molar refractivity (Wildman–Crippen MR) is 165 cm³/mol. The fourth-order valence-electron chi connectivity index (χ4n) is 3.90. The quantitative estimate of drug-likeness (QED) is 0.229. The van der Waals surface area contributed by atoms with Crippen molar-refractivity contribution in [2.75, 3.05) is 23.4 Å². The summed E-state index contributed by atoms with van der Waals surface area (Å²) in [5, 5.41) is 3.56. The molecule has 9 heteroatoms. The Morgan fingerprint density at radius 2 is 1.40 bits per heavy atom. The Balaban J connectivity index is 0.000000238. The van der Waals surface area contributed by atoms with Crippen molar-refractivity contribution < 1.29 is 18.3 Å². The lowest BCUT2D eigenvalue weighted by atomic mass is 10.0. The van der Waals surface area contributed by atoms with E-state index in [0.29, 0.717) is 60.9 Å². The van der Waals surface area contributed by atoms with Crippen molar-refractivity contribution in [1.82, 2.24) is 0 Å². The van der Waals surface area contributed by atoms with E-state index in [1.54, 1.807) is 67.6 Å². The highest BCUT2D eigenvalue weighted by molar-refractivity contribution is 8.04. The number of halogens is 4. The van der Waals surface area contributed by atoms with Crippen LogP contribution in [0.5, 0.6) is 0 Å². The molecule has 0 saturated carbocycles. The van der Waals surface area contributed by atoms with Gasteiger partial charge in [-0.3, -0.25) is 4.79 Å². The van der Waals surface area contributed by atoms with Crippen LogP contribution in [0.25, 0.3) is 22.3 Å². The molecule has 40 heavy (non-hydrogen) atoms. The highest BCUT2D eigenvalue weighted by Crippen LogP contribution is 2.33. The molecule has 0 bridgehead atoms. The zero-order valence-electron chi connectivity index (χ0n) is 20.8. The fraction of sp³-hybridized carbons (Fsp3) is 0.129. The van der Waals surface area contributed by atoms with Crippen LogP contribution < -0.4 is 11.1 Å². The Morgan fingerprint density at radius 3 is 1.98 bits per heavy atom. The molecule has 4 nitrogen and oxygen atoms in total. The Bertz CT molecular complexity index is 1550. The van der Waals surface area contributed by atoms with Crippen LogP contribution in [0.3, 0.4) is 0 Å². The number of ether oxygens (including phenoxy) is 1. The molecule has 1 aliphatic heterocycles. The molecule has 0 fully saturated rings. The summed E-state index contributed by atoms with van der Waals surface area (Å²) >= 11 is 12.9. The molecule has 4 aromatic carbocycles. The van der Waals surface area contributed by atoms with Crippen LogP contribution in [0.15, 0.2) is 95.6 Å². The van der Waals surface area contributed by atoms with Crippen molar-refractivity contribution in [3.8, 4) is 22.3 Å². The lowest BCUT2D eigenvalue weighted by Crippen LogP contribution is -2.18. The molecule has 0 atom stereocenters. The Morgan fingerprint density at radius 1 is 0.850 bits per heavy atom. The molecule has 0 saturated heterocycles. The van der Waals surface area contributed by atoms with Gasteiger partial charge < -0.3 is 15.8 Å². The second kappa shape index (κ2) is 14.2. The van der Waals surface area contributed by atoms with Crippen molar-refractivity contribution in [3.63, 3.8) is 0 Å². The molecule has 0 aromatic heterocycles. The van der Waals surface area contributed by atoms with Gasteiger partial charge in [0.1, 0.15) is 22.3 Å². The molecular formula is C31H28Cl2F2N2O2S. The van der Waals surface area contributed by atoms with E-state index < -0.39 is 5.82 Å². The van der Waals surface area contributed by atoms with E-state index in [4.69, 9.17) is 33.7 Å². The largest absolute Gasteiger partial charge is 0.496 e. The standard InChI is InChI=1S/C18H15ClFNO2S.C12H9ClFN.CH4/c1-11-17(24-9-8-23-11)18(22)21-16-5-3-2-4-14(16)13-7-6-12(19)10-15(13)20;13-8-5-6-9(11(14)7-8)10-3-1-2-4-12(10)15;/h2-7,10H,8-9H2,1H3,(H,21,22);1-7H,15H2;1H4.